The molecular weight excluding hydrogens is 278 g/mol. The van der Waals surface area contributed by atoms with Gasteiger partial charge < -0.3 is 5.73 Å². The van der Waals surface area contributed by atoms with Crippen molar-refractivity contribution in [3.63, 3.8) is 0 Å². The molecule has 0 spiro atoms. The van der Waals surface area contributed by atoms with Crippen LogP contribution in [0.2, 0.25) is 0 Å². The zero-order valence-corrected chi connectivity index (χ0v) is 11.0. The van der Waals surface area contributed by atoms with Crippen LogP contribution in [0.25, 0.3) is 0 Å². The molecule has 0 radical (unpaired) electrons. The lowest BCUT2D eigenvalue weighted by Crippen LogP contribution is -2.17. The van der Waals surface area contributed by atoms with Crippen molar-refractivity contribution in [1.82, 2.24) is 0 Å². The standard InChI is InChI=1S/C10H12BrNS2/c11-8-6-5-13-4-1-7(6)14-9(8)10(12)2-3-10/h1-5,12H2. The fourth-order valence-electron chi connectivity index (χ4n) is 1.86. The molecule has 2 N–H and O–H groups in total. The summed E-state index contributed by atoms with van der Waals surface area (Å²) in [6.45, 7) is 0. The lowest BCUT2D eigenvalue weighted by atomic mass is 10.1. The quantitative estimate of drug-likeness (QED) is 0.859. The molecule has 76 valence electrons. The summed E-state index contributed by atoms with van der Waals surface area (Å²) in [6, 6.07) is 0. The Morgan fingerprint density at radius 3 is 2.79 bits per heavy atom. The molecule has 4 heteroatoms. The number of hydrogen-bond acceptors (Lipinski definition) is 3. The minimum Gasteiger partial charge on any atom is -0.321 e. The minimum absolute atomic E-state index is 0.0332. The van der Waals surface area contributed by atoms with Crippen molar-refractivity contribution in [2.24, 2.45) is 5.73 Å². The van der Waals surface area contributed by atoms with Gasteiger partial charge >= 0.3 is 0 Å². The molecule has 1 fully saturated rings. The van der Waals surface area contributed by atoms with Gasteiger partial charge in [-0.2, -0.15) is 11.8 Å². The van der Waals surface area contributed by atoms with E-state index >= 15 is 0 Å². The van der Waals surface area contributed by atoms with E-state index in [1.165, 1.54) is 32.8 Å². The molecule has 1 aliphatic carbocycles. The average Bonchev–Trinajstić information content (AvgIpc) is 2.84. The summed E-state index contributed by atoms with van der Waals surface area (Å²) in [5.41, 5.74) is 7.81. The van der Waals surface area contributed by atoms with Crippen LogP contribution in [0.15, 0.2) is 4.47 Å². The SMILES string of the molecule is NC1(c2sc3c(c2Br)CSCC3)CC1. The van der Waals surface area contributed by atoms with Gasteiger partial charge in [0.05, 0.1) is 5.54 Å². The van der Waals surface area contributed by atoms with Crippen molar-refractivity contribution in [2.75, 3.05) is 5.75 Å². The van der Waals surface area contributed by atoms with E-state index in [1.54, 1.807) is 4.88 Å². The zero-order chi connectivity index (χ0) is 9.76. The van der Waals surface area contributed by atoms with Gasteiger partial charge in [0, 0.05) is 20.0 Å². The second kappa shape index (κ2) is 3.24. The molecule has 1 aliphatic heterocycles. The lowest BCUT2D eigenvalue weighted by Gasteiger charge is -2.10. The van der Waals surface area contributed by atoms with Crippen molar-refractivity contribution in [3.05, 3.63) is 19.8 Å². The third kappa shape index (κ3) is 1.39. The van der Waals surface area contributed by atoms with Crippen LogP contribution < -0.4 is 5.73 Å². The van der Waals surface area contributed by atoms with Crippen molar-refractivity contribution in [2.45, 2.75) is 30.6 Å². The Morgan fingerprint density at radius 1 is 1.36 bits per heavy atom. The largest absolute Gasteiger partial charge is 0.321 e. The molecule has 0 aromatic carbocycles. The van der Waals surface area contributed by atoms with E-state index in [4.69, 9.17) is 5.73 Å². The Morgan fingerprint density at radius 2 is 2.14 bits per heavy atom. The molecule has 0 saturated heterocycles. The van der Waals surface area contributed by atoms with Gasteiger partial charge in [-0.05, 0) is 46.5 Å². The average molecular weight is 290 g/mol. The van der Waals surface area contributed by atoms with Crippen molar-refractivity contribution in [3.8, 4) is 0 Å². The maximum Gasteiger partial charge on any atom is 0.0517 e. The molecule has 0 atom stereocenters. The van der Waals surface area contributed by atoms with E-state index in [9.17, 15) is 0 Å². The van der Waals surface area contributed by atoms with Gasteiger partial charge in [-0.1, -0.05) is 0 Å². The van der Waals surface area contributed by atoms with E-state index in [0.29, 0.717) is 0 Å². The highest BCUT2D eigenvalue weighted by Gasteiger charge is 2.44. The van der Waals surface area contributed by atoms with Crippen LogP contribution in [0.3, 0.4) is 0 Å². The summed E-state index contributed by atoms with van der Waals surface area (Å²) in [6.07, 6.45) is 3.57. The Hall–Kier alpha value is 0.490. The molecule has 0 amide bonds. The first-order chi connectivity index (χ1) is 6.71. The lowest BCUT2D eigenvalue weighted by molar-refractivity contribution is 0.754. The van der Waals surface area contributed by atoms with Crippen LogP contribution in [-0.2, 0) is 17.7 Å². The summed E-state index contributed by atoms with van der Waals surface area (Å²) in [4.78, 5) is 2.98. The first-order valence-corrected chi connectivity index (χ1v) is 7.64. The van der Waals surface area contributed by atoms with E-state index in [-0.39, 0.29) is 5.54 Å². The number of aryl methyl sites for hydroxylation is 1. The second-order valence-electron chi connectivity index (χ2n) is 4.11. The van der Waals surface area contributed by atoms with Gasteiger partial charge in [0.2, 0.25) is 0 Å². The molecule has 0 unspecified atom stereocenters. The van der Waals surface area contributed by atoms with E-state index in [2.05, 4.69) is 15.9 Å². The van der Waals surface area contributed by atoms with Gasteiger partial charge in [0.1, 0.15) is 0 Å². The molecule has 1 saturated carbocycles. The van der Waals surface area contributed by atoms with E-state index in [0.717, 1.165) is 12.8 Å². The van der Waals surface area contributed by atoms with Crippen LogP contribution in [0.4, 0.5) is 0 Å². The van der Waals surface area contributed by atoms with E-state index < -0.39 is 0 Å². The van der Waals surface area contributed by atoms with Crippen LogP contribution in [0.5, 0.6) is 0 Å². The highest BCUT2D eigenvalue weighted by molar-refractivity contribution is 9.10. The molecule has 1 aromatic heterocycles. The topological polar surface area (TPSA) is 26.0 Å². The van der Waals surface area contributed by atoms with Crippen LogP contribution in [-0.4, -0.2) is 5.75 Å². The number of nitrogens with two attached hydrogens (primary N) is 1. The monoisotopic (exact) mass is 289 g/mol. The van der Waals surface area contributed by atoms with E-state index in [1.807, 2.05) is 23.1 Å². The molecule has 1 nitrogen and oxygen atoms in total. The zero-order valence-electron chi connectivity index (χ0n) is 7.81. The summed E-state index contributed by atoms with van der Waals surface area (Å²) in [5, 5.41) is 0. The van der Waals surface area contributed by atoms with Gasteiger partial charge in [-0.15, -0.1) is 11.3 Å². The Balaban J connectivity index is 2.09. The van der Waals surface area contributed by atoms with Crippen LogP contribution in [0, 0.1) is 0 Å². The van der Waals surface area contributed by atoms with Gasteiger partial charge in [-0.3, -0.25) is 0 Å². The fourth-order valence-corrected chi connectivity index (χ4v) is 5.79. The highest BCUT2D eigenvalue weighted by atomic mass is 79.9. The predicted octanol–water partition coefficient (Wildman–Crippen LogP) is 3.25. The van der Waals surface area contributed by atoms with Gasteiger partial charge in [-0.25, -0.2) is 0 Å². The molecule has 1 aromatic rings. The molecular formula is C10H12BrNS2. The third-order valence-corrected chi connectivity index (χ3v) is 6.62. The van der Waals surface area contributed by atoms with Crippen LogP contribution in [0.1, 0.15) is 28.2 Å². The maximum absolute atomic E-state index is 6.25. The van der Waals surface area contributed by atoms with Gasteiger partial charge in [0.25, 0.3) is 0 Å². The maximum atomic E-state index is 6.25. The number of halogens is 1. The Labute approximate surface area is 101 Å². The van der Waals surface area contributed by atoms with Gasteiger partial charge in [0.15, 0.2) is 0 Å². The number of hydrogen-bond donors (Lipinski definition) is 1. The fraction of sp³-hybridized carbons (Fsp3) is 0.600. The third-order valence-electron chi connectivity index (χ3n) is 2.99. The number of rotatable bonds is 1. The number of fused-ring (bicyclic) bond motifs is 1. The molecule has 3 rings (SSSR count). The van der Waals surface area contributed by atoms with Crippen molar-refractivity contribution >= 4 is 39.0 Å². The Kier molecular flexibility index (Phi) is 2.24. The van der Waals surface area contributed by atoms with Crippen molar-refractivity contribution in [1.29, 1.82) is 0 Å². The highest BCUT2D eigenvalue weighted by Crippen LogP contribution is 2.52. The summed E-state index contributed by atoms with van der Waals surface area (Å²) in [5.74, 6) is 2.44. The predicted molar refractivity (Wildman–Crippen MR) is 67.0 cm³/mol. The first-order valence-electron chi connectivity index (χ1n) is 4.88. The number of thioether (sulfide) groups is 1. The molecule has 0 bridgehead atoms. The summed E-state index contributed by atoms with van der Waals surface area (Å²) < 4.78 is 1.32. The first kappa shape index (κ1) is 9.70. The molecule has 2 aliphatic rings. The molecule has 14 heavy (non-hydrogen) atoms. The normalized spacial score (nSPS) is 23.3. The van der Waals surface area contributed by atoms with Crippen LogP contribution >= 0.6 is 39.0 Å². The Bertz CT molecular complexity index is 382. The minimum atomic E-state index is 0.0332. The summed E-state index contributed by atoms with van der Waals surface area (Å²) in [7, 11) is 0. The second-order valence-corrected chi connectivity index (χ2v) is 7.11. The molecule has 2 heterocycles. The smallest absolute Gasteiger partial charge is 0.0517 e. The number of thiophene rings is 1. The van der Waals surface area contributed by atoms with Crippen molar-refractivity contribution < 1.29 is 0 Å². The summed E-state index contributed by atoms with van der Waals surface area (Å²) >= 11 is 7.71.